The molecule has 0 spiro atoms. The van der Waals surface area contributed by atoms with Crippen LogP contribution in [0.2, 0.25) is 0 Å². The predicted octanol–water partition coefficient (Wildman–Crippen LogP) is 6.89. The lowest BCUT2D eigenvalue weighted by molar-refractivity contribution is 0.108. The largest absolute Gasteiger partial charge is 0.461 e. The van der Waals surface area contributed by atoms with Crippen molar-refractivity contribution in [2.24, 2.45) is 0 Å². The second kappa shape index (κ2) is 13.5. The number of anilines is 1. The average Bonchev–Trinajstić information content (AvgIpc) is 3.65. The van der Waals surface area contributed by atoms with E-state index in [-0.39, 0.29) is 34.4 Å². The van der Waals surface area contributed by atoms with Gasteiger partial charge in [0.25, 0.3) is 0 Å². The third kappa shape index (κ3) is 5.35. The van der Waals surface area contributed by atoms with E-state index in [1.165, 1.54) is 6.07 Å². The van der Waals surface area contributed by atoms with Gasteiger partial charge in [-0.15, -0.1) is 6.42 Å². The molecule has 0 aliphatic carbocycles. The second-order valence-electron chi connectivity index (χ2n) is 12.0. The van der Waals surface area contributed by atoms with Gasteiger partial charge in [-0.3, -0.25) is 4.90 Å². The number of hydrogen-bond acceptors (Lipinski definition) is 7. The second-order valence-corrected chi connectivity index (χ2v) is 12.0. The molecule has 4 aromatic rings. The summed E-state index contributed by atoms with van der Waals surface area (Å²) in [5, 5.41) is 5.32. The Kier molecular flexibility index (Phi) is 9.39. The molecule has 2 aromatic carbocycles. The number of hydrogen-bond donors (Lipinski definition) is 1. The van der Waals surface area contributed by atoms with Crippen molar-refractivity contribution in [3.8, 4) is 29.6 Å². The van der Waals surface area contributed by atoms with Crippen LogP contribution in [0.3, 0.4) is 0 Å². The summed E-state index contributed by atoms with van der Waals surface area (Å²) in [5.74, 6) is 2.08. The summed E-state index contributed by atoms with van der Waals surface area (Å²) in [6, 6.07) is 8.82. The number of benzene rings is 2. The lowest BCUT2D eigenvalue weighted by Crippen LogP contribution is -2.51. The minimum atomic E-state index is -0.572. The van der Waals surface area contributed by atoms with Gasteiger partial charge >= 0.3 is 6.01 Å². The zero-order valence-electron chi connectivity index (χ0n) is 27.4. The maximum Gasteiger partial charge on any atom is 0.319 e. The van der Waals surface area contributed by atoms with E-state index in [2.05, 4.69) is 21.0 Å². The lowest BCUT2D eigenvalue weighted by Gasteiger charge is -2.36. The van der Waals surface area contributed by atoms with Gasteiger partial charge in [-0.1, -0.05) is 57.9 Å². The molecule has 46 heavy (non-hydrogen) atoms. The highest BCUT2D eigenvalue weighted by Gasteiger charge is 2.45. The Labute approximate surface area is 270 Å². The van der Waals surface area contributed by atoms with Crippen molar-refractivity contribution in [1.82, 2.24) is 25.2 Å². The van der Waals surface area contributed by atoms with E-state index >= 15 is 4.39 Å². The number of terminal acetylenes is 1. The fraction of sp³-hybridized carbons (Fsp3) is 0.486. The van der Waals surface area contributed by atoms with Gasteiger partial charge in [-0.2, -0.15) is 9.97 Å². The molecule has 4 aliphatic heterocycles. The van der Waals surface area contributed by atoms with E-state index in [0.717, 1.165) is 75.9 Å². The predicted molar refractivity (Wildman–Crippen MR) is 181 cm³/mol. The monoisotopic (exact) mass is 626 g/mol. The van der Waals surface area contributed by atoms with Gasteiger partial charge in [-0.05, 0) is 63.1 Å². The molecular formula is C37H44F2N6O. The molecular weight excluding hydrogens is 582 g/mol. The minimum absolute atomic E-state index is 0.00970. The quantitative estimate of drug-likeness (QED) is 0.248. The van der Waals surface area contributed by atoms with E-state index in [1.54, 1.807) is 12.1 Å². The molecule has 0 saturated carbocycles. The first-order chi connectivity index (χ1) is 22.6. The number of aryl methyl sites for hydroxylation is 1. The van der Waals surface area contributed by atoms with Crippen molar-refractivity contribution < 1.29 is 13.5 Å². The molecule has 7 nitrogen and oxygen atoms in total. The van der Waals surface area contributed by atoms with Crippen LogP contribution in [0, 0.1) is 24.0 Å². The molecule has 1 N–H and O–H groups in total. The van der Waals surface area contributed by atoms with Crippen LogP contribution in [0.25, 0.3) is 32.9 Å². The lowest BCUT2D eigenvalue weighted by atomic mass is 9.95. The van der Waals surface area contributed by atoms with Gasteiger partial charge in [0.15, 0.2) is 5.82 Å². The number of aromatic nitrogens is 3. The van der Waals surface area contributed by atoms with Crippen LogP contribution >= 0.6 is 0 Å². The molecule has 9 heteroatoms. The first-order valence-electron chi connectivity index (χ1n) is 17.0. The summed E-state index contributed by atoms with van der Waals surface area (Å²) >= 11 is 0. The van der Waals surface area contributed by atoms with E-state index in [9.17, 15) is 4.39 Å². The number of fused-ring (bicyclic) bond motifs is 4. The number of ether oxygens (including phenoxy) is 1. The van der Waals surface area contributed by atoms with E-state index in [0.29, 0.717) is 35.2 Å². The fourth-order valence-corrected chi connectivity index (χ4v) is 7.79. The standard InChI is InChI=1S/C33H32F2N6O.2C2H6/c1-2-22-24(34)10-8-20-6-3-7-23(26(20)22)29-28(35)30-27-25(37-29)11-9-21-18-36-14-17-41(21)31(27)39-32(38-30)42-19-33-12-4-15-40(33)16-5-13-33;2*1-2/h1,3,6-8,10,21,36H,4-5,9,11-19H2;2*1-2H3. The van der Waals surface area contributed by atoms with Crippen molar-refractivity contribution in [1.29, 1.82) is 0 Å². The summed E-state index contributed by atoms with van der Waals surface area (Å²) in [4.78, 5) is 19.4. The van der Waals surface area contributed by atoms with Crippen LogP contribution in [0.15, 0.2) is 30.3 Å². The maximum atomic E-state index is 16.8. The summed E-state index contributed by atoms with van der Waals surface area (Å²) in [5.41, 5.74) is 1.61. The van der Waals surface area contributed by atoms with Crippen molar-refractivity contribution in [3.05, 3.63) is 53.2 Å². The Morgan fingerprint density at radius 3 is 2.54 bits per heavy atom. The van der Waals surface area contributed by atoms with Crippen LogP contribution in [0.5, 0.6) is 6.01 Å². The molecule has 3 fully saturated rings. The van der Waals surface area contributed by atoms with Crippen LogP contribution in [0.1, 0.15) is 71.1 Å². The molecule has 242 valence electrons. The molecule has 8 rings (SSSR count). The normalized spacial score (nSPS) is 19.7. The smallest absolute Gasteiger partial charge is 0.319 e. The third-order valence-corrected chi connectivity index (χ3v) is 9.83. The number of piperazine rings is 1. The molecule has 6 heterocycles. The highest BCUT2D eigenvalue weighted by Crippen LogP contribution is 2.42. The summed E-state index contributed by atoms with van der Waals surface area (Å²) in [6.07, 6.45) is 11.7. The molecule has 1 unspecified atom stereocenters. The number of nitrogens with one attached hydrogen (secondary N) is 1. The first-order valence-corrected chi connectivity index (χ1v) is 17.0. The minimum Gasteiger partial charge on any atom is -0.461 e. The van der Waals surface area contributed by atoms with Crippen molar-refractivity contribution >= 4 is 27.5 Å². The first kappa shape index (κ1) is 32.1. The van der Waals surface area contributed by atoms with Gasteiger partial charge in [0, 0.05) is 36.6 Å². The van der Waals surface area contributed by atoms with Gasteiger partial charge < -0.3 is 15.0 Å². The Balaban J connectivity index is 0.000000896. The zero-order valence-corrected chi connectivity index (χ0v) is 27.4. The van der Waals surface area contributed by atoms with E-state index in [1.807, 2.05) is 39.8 Å². The Hall–Kier alpha value is -3.87. The van der Waals surface area contributed by atoms with Gasteiger partial charge in [0.2, 0.25) is 0 Å². The number of halogens is 2. The number of pyridine rings is 1. The van der Waals surface area contributed by atoms with Crippen molar-refractivity contribution in [2.45, 2.75) is 77.8 Å². The van der Waals surface area contributed by atoms with Gasteiger partial charge in [0.1, 0.15) is 29.5 Å². The van der Waals surface area contributed by atoms with Gasteiger partial charge in [-0.25, -0.2) is 13.8 Å². The highest BCUT2D eigenvalue weighted by atomic mass is 19.1. The summed E-state index contributed by atoms with van der Waals surface area (Å²) in [7, 11) is 0. The van der Waals surface area contributed by atoms with Crippen molar-refractivity contribution in [3.63, 3.8) is 0 Å². The van der Waals surface area contributed by atoms with Crippen LogP contribution in [0.4, 0.5) is 14.6 Å². The van der Waals surface area contributed by atoms with E-state index < -0.39 is 11.6 Å². The van der Waals surface area contributed by atoms with Gasteiger partial charge in [0.05, 0.1) is 22.2 Å². The molecule has 1 atom stereocenters. The SMILES string of the molecule is C#Cc1c(F)ccc2cccc(-c3nc4c5c(nc(OCC67CCCN6CCC7)nc5c3F)N3CCNCC3CC4)c12.CC.CC. The van der Waals surface area contributed by atoms with E-state index in [4.69, 9.17) is 26.1 Å². The molecule has 0 amide bonds. The topological polar surface area (TPSA) is 66.4 Å². The Bertz CT molecular complexity index is 1780. The fourth-order valence-electron chi connectivity index (χ4n) is 7.79. The number of nitrogens with zero attached hydrogens (tertiary/aromatic N) is 5. The van der Waals surface area contributed by atoms with Crippen molar-refractivity contribution in [2.75, 3.05) is 44.2 Å². The summed E-state index contributed by atoms with van der Waals surface area (Å²) in [6.45, 7) is 13.1. The zero-order chi connectivity index (χ0) is 32.4. The number of rotatable bonds is 4. The third-order valence-electron chi connectivity index (χ3n) is 9.83. The molecule has 0 radical (unpaired) electrons. The van der Waals surface area contributed by atoms with Crippen LogP contribution < -0.4 is 15.0 Å². The molecule has 0 bridgehead atoms. The Morgan fingerprint density at radius 1 is 1.00 bits per heavy atom. The molecule has 2 aromatic heterocycles. The Morgan fingerprint density at radius 2 is 1.78 bits per heavy atom. The maximum absolute atomic E-state index is 16.8. The molecule has 3 saturated heterocycles. The highest BCUT2D eigenvalue weighted by molar-refractivity contribution is 6.02. The van der Waals surface area contributed by atoms with Crippen LogP contribution in [-0.4, -0.2) is 70.8 Å². The molecule has 4 aliphatic rings. The average molecular weight is 627 g/mol. The van der Waals surface area contributed by atoms with Crippen LogP contribution in [-0.2, 0) is 6.42 Å². The summed E-state index contributed by atoms with van der Waals surface area (Å²) < 4.78 is 38.1.